The smallest absolute Gasteiger partial charge is 0.246 e. The second-order valence-corrected chi connectivity index (χ2v) is 11.0. The van der Waals surface area contributed by atoms with Crippen molar-refractivity contribution in [1.82, 2.24) is 10.2 Å². The molecule has 1 spiro atoms. The fourth-order valence-electron chi connectivity index (χ4n) is 6.16. The molecule has 2 N–H and O–H groups in total. The van der Waals surface area contributed by atoms with Crippen LogP contribution >= 0.6 is 15.9 Å². The highest BCUT2D eigenvalue weighted by atomic mass is 79.9. The number of hydrogen-bond acceptors (Lipinski definition) is 4. The van der Waals surface area contributed by atoms with Crippen molar-refractivity contribution in [3.63, 3.8) is 0 Å². The van der Waals surface area contributed by atoms with E-state index in [1.54, 1.807) is 4.90 Å². The van der Waals surface area contributed by atoms with E-state index < -0.39 is 29.6 Å². The van der Waals surface area contributed by atoms with Gasteiger partial charge in [-0.05, 0) is 50.5 Å². The van der Waals surface area contributed by atoms with Crippen LogP contribution in [0, 0.1) is 11.8 Å². The molecule has 7 nitrogen and oxygen atoms in total. The molecule has 5 rings (SSSR count). The molecule has 3 aliphatic heterocycles. The molecule has 1 aromatic carbocycles. The molecule has 3 heterocycles. The number of anilines is 1. The molecule has 8 heteroatoms. The number of carbonyl (C=O) groups is 3. The highest BCUT2D eigenvalue weighted by Crippen LogP contribution is 2.55. The zero-order valence-corrected chi connectivity index (χ0v) is 21.2. The highest BCUT2D eigenvalue weighted by molar-refractivity contribution is 9.10. The molecule has 3 amide bonds. The molecule has 34 heavy (non-hydrogen) atoms. The summed E-state index contributed by atoms with van der Waals surface area (Å²) in [5.41, 5.74) is -0.448. The molecule has 0 unspecified atom stereocenters. The molecular formula is C26H32BrN3O4. The molecule has 1 aliphatic carbocycles. The van der Waals surface area contributed by atoms with Gasteiger partial charge in [-0.2, -0.15) is 0 Å². The fourth-order valence-corrected chi connectivity index (χ4v) is 6.43. The molecule has 0 aromatic heterocycles. The van der Waals surface area contributed by atoms with Gasteiger partial charge in [-0.3, -0.25) is 14.4 Å². The zero-order valence-electron chi connectivity index (χ0n) is 19.6. The first-order valence-corrected chi connectivity index (χ1v) is 13.2. The molecule has 182 valence electrons. The standard InChI is InChI=1S/C26H32BrN3O4/c1-3-15(2)30-22(24(32)29-17-7-5-4-6-8-17)26-14-13-19(34-26)20(21(26)25(30)33)23(31)28-18-11-9-16(27)10-12-18/h9-15,17,19-22H,3-8H2,1-2H3,(H,28,31)(H,29,32)/t15-,19+,20-,21+,22-,26-/m0/s1. The van der Waals surface area contributed by atoms with Crippen molar-refractivity contribution in [2.45, 2.75) is 82.2 Å². The Hall–Kier alpha value is -2.19. The van der Waals surface area contributed by atoms with Gasteiger partial charge in [-0.1, -0.05) is 54.3 Å². The summed E-state index contributed by atoms with van der Waals surface area (Å²) in [5, 5.41) is 6.17. The second kappa shape index (κ2) is 9.11. The van der Waals surface area contributed by atoms with Crippen molar-refractivity contribution in [3.05, 3.63) is 40.9 Å². The van der Waals surface area contributed by atoms with Gasteiger partial charge in [0.2, 0.25) is 17.7 Å². The third-order valence-corrected chi connectivity index (χ3v) is 8.52. The minimum atomic E-state index is -1.11. The lowest BCUT2D eigenvalue weighted by atomic mass is 9.74. The molecular weight excluding hydrogens is 498 g/mol. The summed E-state index contributed by atoms with van der Waals surface area (Å²) in [7, 11) is 0. The van der Waals surface area contributed by atoms with Crippen molar-refractivity contribution in [1.29, 1.82) is 0 Å². The normalized spacial score (nSPS) is 33.1. The van der Waals surface area contributed by atoms with Crippen molar-refractivity contribution in [2.75, 3.05) is 5.32 Å². The molecule has 2 bridgehead atoms. The first-order valence-electron chi connectivity index (χ1n) is 12.4. The van der Waals surface area contributed by atoms with E-state index in [4.69, 9.17) is 4.74 Å². The second-order valence-electron chi connectivity index (χ2n) is 10.0. The maximum Gasteiger partial charge on any atom is 0.246 e. The largest absolute Gasteiger partial charge is 0.359 e. The number of hydrogen-bond donors (Lipinski definition) is 2. The highest BCUT2D eigenvalue weighted by Gasteiger charge is 2.73. The summed E-state index contributed by atoms with van der Waals surface area (Å²) in [6, 6.07) is 6.55. The Labute approximate surface area is 208 Å². The summed E-state index contributed by atoms with van der Waals surface area (Å²) in [5.74, 6) is -1.98. The number of benzene rings is 1. The van der Waals surface area contributed by atoms with Crippen molar-refractivity contribution >= 4 is 39.3 Å². The van der Waals surface area contributed by atoms with Crippen LogP contribution in [0.3, 0.4) is 0 Å². The van der Waals surface area contributed by atoms with E-state index in [0.29, 0.717) is 12.1 Å². The summed E-state index contributed by atoms with van der Waals surface area (Å²) in [6.07, 6.45) is 9.25. The van der Waals surface area contributed by atoms with Crippen LogP contribution in [0.5, 0.6) is 0 Å². The predicted octanol–water partition coefficient (Wildman–Crippen LogP) is 3.79. The maximum absolute atomic E-state index is 13.8. The first kappa shape index (κ1) is 23.5. The Morgan fingerprint density at radius 2 is 1.88 bits per heavy atom. The minimum Gasteiger partial charge on any atom is -0.359 e. The fraction of sp³-hybridized carbons (Fsp3) is 0.577. The lowest BCUT2D eigenvalue weighted by molar-refractivity contribution is -0.143. The van der Waals surface area contributed by atoms with E-state index in [9.17, 15) is 14.4 Å². The van der Waals surface area contributed by atoms with Gasteiger partial charge in [0, 0.05) is 22.2 Å². The van der Waals surface area contributed by atoms with Crippen LogP contribution in [0.4, 0.5) is 5.69 Å². The molecule has 6 atom stereocenters. The number of ether oxygens (including phenoxy) is 1. The van der Waals surface area contributed by atoms with Crippen LogP contribution in [0.25, 0.3) is 0 Å². The van der Waals surface area contributed by atoms with Gasteiger partial charge < -0.3 is 20.3 Å². The van der Waals surface area contributed by atoms with Gasteiger partial charge in [-0.15, -0.1) is 0 Å². The Bertz CT molecular complexity index is 1010. The van der Waals surface area contributed by atoms with Gasteiger partial charge in [-0.25, -0.2) is 0 Å². The van der Waals surface area contributed by atoms with Crippen molar-refractivity contribution < 1.29 is 19.1 Å². The lowest BCUT2D eigenvalue weighted by Gasteiger charge is -2.36. The van der Waals surface area contributed by atoms with Gasteiger partial charge >= 0.3 is 0 Å². The average Bonchev–Trinajstić information content (AvgIpc) is 3.48. The van der Waals surface area contributed by atoms with E-state index in [0.717, 1.165) is 30.2 Å². The summed E-state index contributed by atoms with van der Waals surface area (Å²) >= 11 is 3.40. The Kier molecular flexibility index (Phi) is 6.31. The van der Waals surface area contributed by atoms with Crippen LogP contribution in [0.15, 0.2) is 40.9 Å². The van der Waals surface area contributed by atoms with E-state index in [1.807, 2.05) is 50.3 Å². The molecule has 1 aromatic rings. The van der Waals surface area contributed by atoms with Crippen LogP contribution in [-0.4, -0.2) is 52.5 Å². The quantitative estimate of drug-likeness (QED) is 0.548. The molecule has 0 radical (unpaired) electrons. The minimum absolute atomic E-state index is 0.129. The number of fused-ring (bicyclic) bond motifs is 1. The molecule has 1 saturated carbocycles. The number of likely N-dealkylation sites (tertiary alicyclic amines) is 1. The van der Waals surface area contributed by atoms with Gasteiger partial charge in [0.05, 0.1) is 17.9 Å². The van der Waals surface area contributed by atoms with Crippen LogP contribution in [0.2, 0.25) is 0 Å². The number of amides is 3. The van der Waals surface area contributed by atoms with Crippen LogP contribution in [-0.2, 0) is 19.1 Å². The van der Waals surface area contributed by atoms with Gasteiger partial charge in [0.15, 0.2) is 0 Å². The number of nitrogens with zero attached hydrogens (tertiary/aromatic N) is 1. The van der Waals surface area contributed by atoms with Crippen LogP contribution < -0.4 is 10.6 Å². The molecule has 2 saturated heterocycles. The van der Waals surface area contributed by atoms with Crippen molar-refractivity contribution in [3.8, 4) is 0 Å². The number of halogens is 1. The monoisotopic (exact) mass is 529 g/mol. The van der Waals surface area contributed by atoms with E-state index >= 15 is 0 Å². The topological polar surface area (TPSA) is 87.7 Å². The van der Waals surface area contributed by atoms with Gasteiger partial charge in [0.1, 0.15) is 11.6 Å². The molecule has 3 fully saturated rings. The summed E-state index contributed by atoms with van der Waals surface area (Å²) in [6.45, 7) is 3.97. The lowest BCUT2D eigenvalue weighted by Crippen LogP contribution is -2.58. The Balaban J connectivity index is 1.44. The van der Waals surface area contributed by atoms with E-state index in [1.165, 1.54) is 6.42 Å². The Morgan fingerprint density at radius 1 is 1.18 bits per heavy atom. The first-order chi connectivity index (χ1) is 16.4. The third-order valence-electron chi connectivity index (χ3n) is 7.99. The maximum atomic E-state index is 13.8. The zero-order chi connectivity index (χ0) is 24.0. The number of rotatable bonds is 6. The van der Waals surface area contributed by atoms with Crippen molar-refractivity contribution in [2.24, 2.45) is 11.8 Å². The molecule has 4 aliphatic rings. The van der Waals surface area contributed by atoms with Gasteiger partial charge in [0.25, 0.3) is 0 Å². The predicted molar refractivity (Wildman–Crippen MR) is 132 cm³/mol. The number of carbonyl (C=O) groups excluding carboxylic acids is 3. The van der Waals surface area contributed by atoms with Crippen LogP contribution in [0.1, 0.15) is 52.4 Å². The van der Waals surface area contributed by atoms with E-state index in [2.05, 4.69) is 26.6 Å². The third kappa shape index (κ3) is 3.79. The summed E-state index contributed by atoms with van der Waals surface area (Å²) < 4.78 is 7.30. The number of nitrogens with one attached hydrogen (secondary N) is 2. The summed E-state index contributed by atoms with van der Waals surface area (Å²) in [4.78, 5) is 42.6. The Morgan fingerprint density at radius 3 is 2.56 bits per heavy atom. The van der Waals surface area contributed by atoms with E-state index in [-0.39, 0.29) is 29.8 Å². The average molecular weight is 530 g/mol. The SMILES string of the molecule is CC[C@H](C)N1C(=O)[C@H]2[C@@H](C(=O)Nc3ccc(Br)cc3)[C@H]3C=C[C@@]2(O3)[C@@H]1C(=O)NC1CCCCC1.